The van der Waals surface area contributed by atoms with Crippen LogP contribution in [0.3, 0.4) is 0 Å². The van der Waals surface area contributed by atoms with Gasteiger partial charge in [0.1, 0.15) is 10.5 Å². The molecular formula is C30H47N5O5S. The van der Waals surface area contributed by atoms with E-state index in [0.717, 1.165) is 23.0 Å². The number of ether oxygens (including phenoxy) is 1. The van der Waals surface area contributed by atoms with Gasteiger partial charge in [0, 0.05) is 51.4 Å². The Bertz CT molecular complexity index is 1260. The van der Waals surface area contributed by atoms with Crippen molar-refractivity contribution in [1.29, 1.82) is 0 Å². The normalized spacial score (nSPS) is 22.9. The number of nitrogens with zero attached hydrogens (tertiary/aromatic N) is 4. The molecule has 0 aromatic heterocycles. The summed E-state index contributed by atoms with van der Waals surface area (Å²) in [7, 11) is 4.92. The molecule has 11 heteroatoms. The molecule has 2 aliphatic rings. The lowest BCUT2D eigenvalue weighted by atomic mass is 9.84. The third-order valence-electron chi connectivity index (χ3n) is 8.48. The molecule has 0 saturated carbocycles. The lowest BCUT2D eigenvalue weighted by Crippen LogP contribution is -2.52. The predicted molar refractivity (Wildman–Crippen MR) is 163 cm³/mol. The molecule has 1 fully saturated rings. The van der Waals surface area contributed by atoms with E-state index in [1.165, 1.54) is 25.6 Å². The first-order chi connectivity index (χ1) is 19.2. The number of allylic oxidation sites excluding steroid dienone is 2. The summed E-state index contributed by atoms with van der Waals surface area (Å²) in [4.78, 5) is 31.6. The Balaban J connectivity index is 1.52. The molecule has 2 amide bonds. The van der Waals surface area contributed by atoms with Gasteiger partial charge in [0.25, 0.3) is 0 Å². The fraction of sp³-hybridized carbons (Fsp3) is 0.600. The average molecular weight is 590 g/mol. The SMILES string of the molecule is COC1=CC(C)C(C)(S(=O)(=O)N(C)CC(=O)NCC(=O)N(C)Cc2ccc(N3CCCC3CN(C)C)cc2)C(C)=C1. The maximum Gasteiger partial charge on any atom is 0.242 e. The summed E-state index contributed by atoms with van der Waals surface area (Å²) in [5.41, 5.74) is 2.82. The zero-order chi connectivity index (χ0) is 30.5. The predicted octanol–water partition coefficient (Wildman–Crippen LogP) is 2.44. The minimum atomic E-state index is -3.90. The van der Waals surface area contributed by atoms with Crippen molar-refractivity contribution in [1.82, 2.24) is 19.4 Å². The van der Waals surface area contributed by atoms with Crippen LogP contribution < -0.4 is 10.2 Å². The Morgan fingerprint density at radius 2 is 1.80 bits per heavy atom. The third kappa shape index (κ3) is 7.31. The number of hydrogen-bond acceptors (Lipinski definition) is 7. The summed E-state index contributed by atoms with van der Waals surface area (Å²) in [6.45, 7) is 7.11. The Kier molecular flexibility index (Phi) is 10.7. The van der Waals surface area contributed by atoms with Crippen molar-refractivity contribution in [3.05, 3.63) is 53.3 Å². The average Bonchev–Trinajstić information content (AvgIpc) is 3.37. The highest BCUT2D eigenvalue weighted by Gasteiger charge is 2.49. The van der Waals surface area contributed by atoms with Crippen molar-refractivity contribution >= 4 is 27.5 Å². The summed E-state index contributed by atoms with van der Waals surface area (Å²) in [6.07, 6.45) is 5.86. The van der Waals surface area contributed by atoms with Gasteiger partial charge in [0.05, 0.1) is 20.2 Å². The molecule has 1 aromatic rings. The van der Waals surface area contributed by atoms with Crippen LogP contribution in [-0.4, -0.2) is 107 Å². The van der Waals surface area contributed by atoms with Gasteiger partial charge in [0.2, 0.25) is 21.8 Å². The summed E-state index contributed by atoms with van der Waals surface area (Å²) in [6, 6.07) is 8.80. The summed E-state index contributed by atoms with van der Waals surface area (Å²) in [5, 5.41) is 2.58. The van der Waals surface area contributed by atoms with E-state index in [0.29, 0.717) is 23.9 Å². The smallest absolute Gasteiger partial charge is 0.242 e. The van der Waals surface area contributed by atoms with Crippen molar-refractivity contribution in [2.45, 2.75) is 50.9 Å². The van der Waals surface area contributed by atoms with Crippen LogP contribution in [0.15, 0.2) is 47.7 Å². The van der Waals surface area contributed by atoms with E-state index in [2.05, 4.69) is 41.3 Å². The lowest BCUT2D eigenvalue weighted by molar-refractivity contribution is -0.132. The molecule has 3 rings (SSSR count). The van der Waals surface area contributed by atoms with Crippen LogP contribution in [-0.2, 0) is 30.9 Å². The summed E-state index contributed by atoms with van der Waals surface area (Å²) >= 11 is 0. The molecule has 1 aliphatic heterocycles. The van der Waals surface area contributed by atoms with Gasteiger partial charge in [-0.1, -0.05) is 19.1 Å². The monoisotopic (exact) mass is 589 g/mol. The van der Waals surface area contributed by atoms with Crippen LogP contribution in [0.1, 0.15) is 39.2 Å². The van der Waals surface area contributed by atoms with E-state index < -0.39 is 20.7 Å². The first kappa shape index (κ1) is 32.6. The Labute approximate surface area is 246 Å². The molecule has 228 valence electrons. The molecule has 0 bridgehead atoms. The van der Waals surface area contributed by atoms with E-state index in [1.54, 1.807) is 45.1 Å². The second-order valence-electron chi connectivity index (χ2n) is 11.7. The molecule has 10 nitrogen and oxygen atoms in total. The van der Waals surface area contributed by atoms with Crippen LogP contribution in [0.5, 0.6) is 0 Å². The van der Waals surface area contributed by atoms with Gasteiger partial charge in [-0.15, -0.1) is 0 Å². The molecule has 0 radical (unpaired) electrons. The highest BCUT2D eigenvalue weighted by Crippen LogP contribution is 2.40. The van der Waals surface area contributed by atoms with Crippen molar-refractivity contribution < 1.29 is 22.7 Å². The molecule has 3 unspecified atom stereocenters. The van der Waals surface area contributed by atoms with E-state index in [1.807, 2.05) is 19.1 Å². The number of nitrogens with one attached hydrogen (secondary N) is 1. The number of methoxy groups -OCH3 is 1. The summed E-state index contributed by atoms with van der Waals surface area (Å²) in [5.74, 6) is -0.553. The number of carbonyl (C=O) groups excluding carboxylic acids is 2. The van der Waals surface area contributed by atoms with Crippen LogP contribution in [0.4, 0.5) is 5.69 Å². The van der Waals surface area contributed by atoms with E-state index in [4.69, 9.17) is 4.74 Å². The largest absolute Gasteiger partial charge is 0.497 e. The van der Waals surface area contributed by atoms with Crippen molar-refractivity contribution in [3.63, 3.8) is 0 Å². The standard InChI is InChI=1S/C30H47N5O5S/c1-22-16-27(40-8)17-23(2)30(22,3)41(38,39)34(7)21-28(36)31-18-29(37)33(6)19-24-11-13-25(14-12-24)35-15-9-10-26(35)20-32(4)5/h11-14,16-17,22,26H,9-10,15,18-21H2,1-8H3,(H,31,36). The quantitative estimate of drug-likeness (QED) is 0.400. The molecule has 1 saturated heterocycles. The van der Waals surface area contributed by atoms with Gasteiger partial charge >= 0.3 is 0 Å². The molecule has 41 heavy (non-hydrogen) atoms. The molecule has 1 N–H and O–H groups in total. The molecular weight excluding hydrogens is 542 g/mol. The number of likely N-dealkylation sites (N-methyl/N-ethyl adjacent to an activating group) is 3. The zero-order valence-electron chi connectivity index (χ0n) is 25.8. The highest BCUT2D eigenvalue weighted by atomic mass is 32.2. The molecule has 0 spiro atoms. The third-order valence-corrected chi connectivity index (χ3v) is 11.2. The number of hydrogen-bond donors (Lipinski definition) is 1. The molecule has 1 heterocycles. The Morgan fingerprint density at radius 3 is 2.39 bits per heavy atom. The van der Waals surface area contributed by atoms with Crippen molar-refractivity contribution in [2.24, 2.45) is 5.92 Å². The number of benzene rings is 1. The highest BCUT2D eigenvalue weighted by molar-refractivity contribution is 7.90. The number of carbonyl (C=O) groups is 2. The number of sulfonamides is 1. The Hall–Kier alpha value is -2.89. The molecule has 3 atom stereocenters. The second kappa shape index (κ2) is 13.4. The van der Waals surface area contributed by atoms with Gasteiger partial charge < -0.3 is 24.8 Å². The maximum atomic E-state index is 13.5. The van der Waals surface area contributed by atoms with Crippen LogP contribution in [0.2, 0.25) is 0 Å². The first-order valence-corrected chi connectivity index (χ1v) is 15.6. The van der Waals surface area contributed by atoms with Crippen molar-refractivity contribution in [3.8, 4) is 0 Å². The van der Waals surface area contributed by atoms with Gasteiger partial charge in [0.15, 0.2) is 0 Å². The van der Waals surface area contributed by atoms with Gasteiger partial charge in [-0.05, 0) is 76.2 Å². The number of amides is 2. The van der Waals surface area contributed by atoms with Crippen LogP contribution >= 0.6 is 0 Å². The van der Waals surface area contributed by atoms with E-state index >= 15 is 0 Å². The van der Waals surface area contributed by atoms with Gasteiger partial charge in [-0.2, -0.15) is 4.31 Å². The number of rotatable bonds is 12. The number of anilines is 1. The topological polar surface area (TPSA) is 102 Å². The van der Waals surface area contributed by atoms with E-state index in [-0.39, 0.29) is 24.9 Å². The van der Waals surface area contributed by atoms with Crippen LogP contribution in [0.25, 0.3) is 0 Å². The second-order valence-corrected chi connectivity index (χ2v) is 14.1. The zero-order valence-corrected chi connectivity index (χ0v) is 26.6. The van der Waals surface area contributed by atoms with Gasteiger partial charge in [-0.25, -0.2) is 8.42 Å². The van der Waals surface area contributed by atoms with Crippen molar-refractivity contribution in [2.75, 3.05) is 66.4 Å². The minimum absolute atomic E-state index is 0.214. The lowest BCUT2D eigenvalue weighted by Gasteiger charge is -2.39. The fourth-order valence-corrected chi connectivity index (χ4v) is 7.59. The van der Waals surface area contributed by atoms with Gasteiger partial charge in [-0.3, -0.25) is 9.59 Å². The Morgan fingerprint density at radius 1 is 1.15 bits per heavy atom. The van der Waals surface area contributed by atoms with Crippen LogP contribution in [0, 0.1) is 5.92 Å². The summed E-state index contributed by atoms with van der Waals surface area (Å²) < 4.78 is 32.2. The maximum absolute atomic E-state index is 13.5. The minimum Gasteiger partial charge on any atom is -0.497 e. The fourth-order valence-electron chi connectivity index (χ4n) is 5.65. The van der Waals surface area contributed by atoms with E-state index in [9.17, 15) is 18.0 Å². The first-order valence-electron chi connectivity index (χ1n) is 14.1. The molecule has 1 aliphatic carbocycles. The molecule has 1 aromatic carbocycles.